The maximum atomic E-state index is 9.87. The normalized spacial score (nSPS) is 12.2. The van der Waals surface area contributed by atoms with Gasteiger partial charge < -0.3 is 9.84 Å². The highest BCUT2D eigenvalue weighted by Gasteiger charge is 2.15. The van der Waals surface area contributed by atoms with Crippen LogP contribution in [-0.2, 0) is 0 Å². The largest absolute Gasteiger partial charge is 0.496 e. The Labute approximate surface area is 110 Å². The number of methoxy groups -OCH3 is 1. The highest BCUT2D eigenvalue weighted by Crippen LogP contribution is 2.37. The third-order valence-corrected chi connectivity index (χ3v) is 3.46. The summed E-state index contributed by atoms with van der Waals surface area (Å²) in [6.45, 7) is 1.72. The van der Waals surface area contributed by atoms with Gasteiger partial charge in [-0.05, 0) is 25.1 Å². The van der Waals surface area contributed by atoms with Gasteiger partial charge in [0.2, 0.25) is 0 Å². The lowest BCUT2D eigenvalue weighted by molar-refractivity contribution is 0.191. The second-order valence-electron chi connectivity index (χ2n) is 3.70. The van der Waals surface area contributed by atoms with Crippen LogP contribution in [0.2, 0.25) is 0 Å². The highest BCUT2D eigenvalue weighted by molar-refractivity contribution is 7.99. The van der Waals surface area contributed by atoms with Crippen molar-refractivity contribution in [1.29, 1.82) is 0 Å². The zero-order valence-corrected chi connectivity index (χ0v) is 11.0. The van der Waals surface area contributed by atoms with Crippen LogP contribution in [0.5, 0.6) is 5.75 Å². The van der Waals surface area contributed by atoms with Crippen LogP contribution in [-0.4, -0.2) is 22.2 Å². The monoisotopic (exact) mass is 262 g/mol. The van der Waals surface area contributed by atoms with Gasteiger partial charge in [0, 0.05) is 16.7 Å². The number of hydrogen-bond donors (Lipinski definition) is 1. The molecule has 0 fully saturated rings. The minimum atomic E-state index is -0.592. The summed E-state index contributed by atoms with van der Waals surface area (Å²) >= 11 is 1.48. The standard InChI is InChI=1S/C13H14N2O2S/c1-9(16)13-10(17-2)4-3-5-11(13)18-12-6-7-14-8-15-12/h3-9,16H,1-2H3/t9-/m1/s1. The van der Waals surface area contributed by atoms with Gasteiger partial charge in [0.25, 0.3) is 0 Å². The van der Waals surface area contributed by atoms with E-state index in [0.717, 1.165) is 15.5 Å². The molecule has 0 radical (unpaired) electrons. The van der Waals surface area contributed by atoms with Gasteiger partial charge in [0.1, 0.15) is 17.1 Å². The third-order valence-electron chi connectivity index (χ3n) is 2.43. The van der Waals surface area contributed by atoms with E-state index in [0.29, 0.717) is 5.75 Å². The molecule has 1 aromatic heterocycles. The Bertz CT molecular complexity index is 518. The Morgan fingerprint density at radius 1 is 1.33 bits per heavy atom. The van der Waals surface area contributed by atoms with E-state index in [1.807, 2.05) is 24.3 Å². The van der Waals surface area contributed by atoms with Crippen LogP contribution in [0, 0.1) is 0 Å². The molecule has 0 saturated carbocycles. The molecule has 5 heteroatoms. The van der Waals surface area contributed by atoms with Crippen molar-refractivity contribution < 1.29 is 9.84 Å². The molecule has 1 N–H and O–H groups in total. The molecule has 0 amide bonds. The minimum Gasteiger partial charge on any atom is -0.496 e. The van der Waals surface area contributed by atoms with Crippen molar-refractivity contribution >= 4 is 11.8 Å². The molecule has 1 atom stereocenters. The van der Waals surface area contributed by atoms with Crippen LogP contribution in [0.4, 0.5) is 0 Å². The second kappa shape index (κ2) is 5.84. The lowest BCUT2D eigenvalue weighted by atomic mass is 10.1. The van der Waals surface area contributed by atoms with E-state index < -0.39 is 6.10 Å². The minimum absolute atomic E-state index is 0.592. The van der Waals surface area contributed by atoms with E-state index in [2.05, 4.69) is 9.97 Å². The van der Waals surface area contributed by atoms with Gasteiger partial charge in [-0.1, -0.05) is 17.8 Å². The molecule has 0 aliphatic heterocycles. The molecule has 4 nitrogen and oxygen atoms in total. The van der Waals surface area contributed by atoms with Gasteiger partial charge in [0.15, 0.2) is 0 Å². The van der Waals surface area contributed by atoms with E-state index in [1.165, 1.54) is 18.1 Å². The molecule has 2 rings (SSSR count). The van der Waals surface area contributed by atoms with Gasteiger partial charge in [-0.3, -0.25) is 0 Å². The molecule has 0 bridgehead atoms. The molecule has 0 unspecified atom stereocenters. The first-order valence-corrected chi connectivity index (χ1v) is 6.33. The van der Waals surface area contributed by atoms with Crippen molar-refractivity contribution in [3.05, 3.63) is 42.4 Å². The van der Waals surface area contributed by atoms with Gasteiger partial charge in [-0.2, -0.15) is 0 Å². The van der Waals surface area contributed by atoms with Crippen molar-refractivity contribution in [3.63, 3.8) is 0 Å². The fraction of sp³-hybridized carbons (Fsp3) is 0.231. The second-order valence-corrected chi connectivity index (χ2v) is 4.76. The molecule has 2 aromatic rings. The average molecular weight is 262 g/mol. The van der Waals surface area contributed by atoms with Crippen molar-refractivity contribution in [3.8, 4) is 5.75 Å². The first-order chi connectivity index (χ1) is 8.72. The number of ether oxygens (including phenoxy) is 1. The van der Waals surface area contributed by atoms with E-state index in [9.17, 15) is 5.11 Å². The molecule has 0 aliphatic carbocycles. The predicted molar refractivity (Wildman–Crippen MR) is 69.8 cm³/mol. The zero-order valence-electron chi connectivity index (χ0n) is 10.2. The molecule has 0 aliphatic rings. The van der Waals surface area contributed by atoms with Crippen molar-refractivity contribution in [2.75, 3.05) is 7.11 Å². The van der Waals surface area contributed by atoms with E-state index >= 15 is 0 Å². The molecule has 0 spiro atoms. The van der Waals surface area contributed by atoms with Crippen LogP contribution in [0.15, 0.2) is 46.7 Å². The molecule has 94 valence electrons. The molecule has 1 heterocycles. The SMILES string of the molecule is COc1cccc(Sc2ccncn2)c1[C@@H](C)O. The van der Waals surface area contributed by atoms with E-state index in [4.69, 9.17) is 4.74 Å². The van der Waals surface area contributed by atoms with Crippen molar-refractivity contribution in [2.24, 2.45) is 0 Å². The molecular formula is C13H14N2O2S. The van der Waals surface area contributed by atoms with Crippen molar-refractivity contribution in [1.82, 2.24) is 9.97 Å². The van der Waals surface area contributed by atoms with Crippen LogP contribution >= 0.6 is 11.8 Å². The van der Waals surface area contributed by atoms with E-state index in [-0.39, 0.29) is 0 Å². The Morgan fingerprint density at radius 3 is 2.78 bits per heavy atom. The maximum Gasteiger partial charge on any atom is 0.125 e. The topological polar surface area (TPSA) is 55.2 Å². The summed E-state index contributed by atoms with van der Waals surface area (Å²) in [5.41, 5.74) is 0.781. The Kier molecular flexibility index (Phi) is 4.17. The Morgan fingerprint density at radius 2 is 2.17 bits per heavy atom. The number of aromatic nitrogens is 2. The first-order valence-electron chi connectivity index (χ1n) is 5.51. The molecule has 0 saturated heterocycles. The van der Waals surface area contributed by atoms with Gasteiger partial charge in [-0.25, -0.2) is 9.97 Å². The number of nitrogens with zero attached hydrogens (tertiary/aromatic N) is 2. The van der Waals surface area contributed by atoms with E-state index in [1.54, 1.807) is 20.2 Å². The summed E-state index contributed by atoms with van der Waals surface area (Å²) in [5, 5.41) is 10.7. The fourth-order valence-corrected chi connectivity index (χ4v) is 2.64. The predicted octanol–water partition coefficient (Wildman–Crippen LogP) is 2.69. The summed E-state index contributed by atoms with van der Waals surface area (Å²) < 4.78 is 5.28. The summed E-state index contributed by atoms with van der Waals surface area (Å²) in [6, 6.07) is 7.51. The number of hydrogen-bond acceptors (Lipinski definition) is 5. The molecule has 18 heavy (non-hydrogen) atoms. The smallest absolute Gasteiger partial charge is 0.125 e. The average Bonchev–Trinajstić information content (AvgIpc) is 2.39. The van der Waals surface area contributed by atoms with Crippen LogP contribution in [0.3, 0.4) is 0 Å². The quantitative estimate of drug-likeness (QED) is 0.858. The van der Waals surface area contributed by atoms with Gasteiger partial charge >= 0.3 is 0 Å². The lowest BCUT2D eigenvalue weighted by Gasteiger charge is -2.15. The summed E-state index contributed by atoms with van der Waals surface area (Å²) in [7, 11) is 1.60. The summed E-state index contributed by atoms with van der Waals surface area (Å²) in [6.07, 6.45) is 2.60. The van der Waals surface area contributed by atoms with Crippen LogP contribution < -0.4 is 4.74 Å². The summed E-state index contributed by atoms with van der Waals surface area (Å²) in [5.74, 6) is 0.684. The number of rotatable bonds is 4. The summed E-state index contributed by atoms with van der Waals surface area (Å²) in [4.78, 5) is 8.97. The third kappa shape index (κ3) is 2.80. The first kappa shape index (κ1) is 12.9. The fourth-order valence-electron chi connectivity index (χ4n) is 1.65. The molecular weight excluding hydrogens is 248 g/mol. The van der Waals surface area contributed by atoms with Gasteiger partial charge in [0.05, 0.1) is 13.2 Å². The Hall–Kier alpha value is -1.59. The van der Waals surface area contributed by atoms with Crippen LogP contribution in [0.1, 0.15) is 18.6 Å². The number of benzene rings is 1. The number of aliphatic hydroxyl groups excluding tert-OH is 1. The lowest BCUT2D eigenvalue weighted by Crippen LogP contribution is -1.99. The maximum absolute atomic E-state index is 9.87. The molecule has 1 aromatic carbocycles. The Balaban J connectivity index is 2.38. The zero-order chi connectivity index (χ0) is 13.0. The van der Waals surface area contributed by atoms with Crippen molar-refractivity contribution in [2.45, 2.75) is 22.9 Å². The van der Waals surface area contributed by atoms with Crippen LogP contribution in [0.25, 0.3) is 0 Å². The highest BCUT2D eigenvalue weighted by atomic mass is 32.2. The number of aliphatic hydroxyl groups is 1. The van der Waals surface area contributed by atoms with Gasteiger partial charge in [-0.15, -0.1) is 0 Å².